The second-order valence-electron chi connectivity index (χ2n) is 2.20. The Morgan fingerprint density at radius 2 is 2.50 bits per heavy atom. The fourth-order valence-corrected chi connectivity index (χ4v) is 0.734. The summed E-state index contributed by atoms with van der Waals surface area (Å²) in [6.45, 7) is -0.263. The number of rotatable bonds is 3. The monoisotopic (exact) mass is 172 g/mol. The Kier molecular flexibility index (Phi) is 1.45. The molecule has 66 valence electrons. The Morgan fingerprint density at radius 3 is 3.17 bits per heavy atom. The number of nitrogens with one attached hydrogen (secondary N) is 1. The van der Waals surface area contributed by atoms with Crippen LogP contribution >= 0.6 is 0 Å². The minimum absolute atomic E-state index is 0.263. The summed E-state index contributed by atoms with van der Waals surface area (Å²) in [7, 11) is 1.48. The summed E-state index contributed by atoms with van der Waals surface area (Å²) in [6.07, 6.45) is -2.30. The molecule has 0 saturated heterocycles. The minimum Gasteiger partial charge on any atom is -0.508 e. The Labute approximate surface area is 78.7 Å². The van der Waals surface area contributed by atoms with Gasteiger partial charge < -0.3 is 15.5 Å². The maximum absolute atomic E-state index is 9.80. The lowest BCUT2D eigenvalue weighted by atomic mass is 10.1. The highest BCUT2D eigenvalue weighted by Crippen LogP contribution is 2.17. The number of aromatic hydroxyl groups is 1. The van der Waals surface area contributed by atoms with Crippen LogP contribution in [0.5, 0.6) is 5.75 Å². The minimum atomic E-state index is -2.30. The zero-order chi connectivity index (χ0) is 13.4. The van der Waals surface area contributed by atoms with Gasteiger partial charge in [0.25, 0.3) is 0 Å². The van der Waals surface area contributed by atoms with Gasteiger partial charge in [-0.25, -0.2) is 0 Å². The molecule has 0 aliphatic heterocycles. The molecule has 0 saturated carbocycles. The van der Waals surface area contributed by atoms with E-state index in [0.717, 1.165) is 0 Å². The smallest absolute Gasteiger partial charge is 0.115 e. The highest BCUT2D eigenvalue weighted by Gasteiger charge is 2.05. The van der Waals surface area contributed by atoms with Crippen LogP contribution in [0.3, 0.4) is 0 Å². The number of benzene rings is 1. The Morgan fingerprint density at radius 1 is 1.75 bits per heavy atom. The normalized spacial score (nSPS) is 21.3. The van der Waals surface area contributed by atoms with Crippen LogP contribution in [0.1, 0.15) is 18.5 Å². The summed E-state index contributed by atoms with van der Waals surface area (Å²) in [6, 6.07) is -2.52. The topological polar surface area (TPSA) is 52.5 Å². The van der Waals surface area contributed by atoms with Crippen molar-refractivity contribution in [2.75, 3.05) is 13.6 Å². The third-order valence-electron chi connectivity index (χ3n) is 1.24. The zero-order valence-corrected chi connectivity index (χ0v) is 6.60. The molecule has 3 heteroatoms. The van der Waals surface area contributed by atoms with Crippen molar-refractivity contribution in [3.8, 4) is 5.75 Å². The van der Waals surface area contributed by atoms with E-state index in [1.54, 1.807) is 0 Å². The number of aliphatic hydroxyl groups is 1. The van der Waals surface area contributed by atoms with Gasteiger partial charge in [0.1, 0.15) is 5.75 Å². The van der Waals surface area contributed by atoms with E-state index >= 15 is 0 Å². The Hall–Kier alpha value is -1.06. The Bertz CT molecular complexity index is 420. The average Bonchev–Trinajstić information content (AvgIpc) is 2.23. The molecule has 3 N–H and O–H groups in total. The largest absolute Gasteiger partial charge is 0.508 e. The van der Waals surface area contributed by atoms with Gasteiger partial charge in [0.15, 0.2) is 0 Å². The molecule has 12 heavy (non-hydrogen) atoms. The first-order valence-corrected chi connectivity index (χ1v) is 3.40. The van der Waals surface area contributed by atoms with Crippen molar-refractivity contribution in [3.63, 3.8) is 0 Å². The molecule has 0 fully saturated rings. The highest BCUT2D eigenvalue weighted by atomic mass is 16.3. The van der Waals surface area contributed by atoms with Crippen molar-refractivity contribution in [2.45, 2.75) is 6.08 Å². The van der Waals surface area contributed by atoms with Crippen molar-refractivity contribution in [1.29, 1.82) is 0 Å². The molecular weight excluding hydrogens is 154 g/mol. The number of phenols is 1. The van der Waals surface area contributed by atoms with E-state index in [2.05, 4.69) is 5.32 Å². The van der Waals surface area contributed by atoms with Crippen LogP contribution in [0.2, 0.25) is 0 Å². The third kappa shape index (κ3) is 2.22. The quantitative estimate of drug-likeness (QED) is 0.627. The van der Waals surface area contributed by atoms with E-state index in [9.17, 15) is 10.2 Å². The number of phenolic OH excluding ortho intramolecular Hbond substituents is 1. The summed E-state index contributed by atoms with van der Waals surface area (Å²) in [5.41, 5.74) is -0.481. The molecule has 0 heterocycles. The van der Waals surface area contributed by atoms with Crippen LogP contribution in [0, 0.1) is 0 Å². The molecule has 0 bridgehead atoms. The van der Waals surface area contributed by atoms with Gasteiger partial charge in [-0.05, 0) is 24.7 Å². The number of likely N-dealkylation sites (N-methyl/N-ethyl adjacent to an activating group) is 1. The van der Waals surface area contributed by atoms with Crippen LogP contribution in [0.4, 0.5) is 0 Å². The second kappa shape index (κ2) is 4.09. The van der Waals surface area contributed by atoms with Gasteiger partial charge in [-0.2, -0.15) is 0 Å². The van der Waals surface area contributed by atoms with Crippen LogP contribution in [0.25, 0.3) is 0 Å². The molecule has 0 aliphatic rings. The molecule has 1 aromatic rings. The van der Waals surface area contributed by atoms with Gasteiger partial charge in [-0.3, -0.25) is 0 Å². The lowest BCUT2D eigenvalue weighted by Gasteiger charge is -2.09. The maximum atomic E-state index is 9.80. The van der Waals surface area contributed by atoms with Crippen molar-refractivity contribution in [3.05, 3.63) is 29.7 Å². The van der Waals surface area contributed by atoms with Gasteiger partial charge in [-0.1, -0.05) is 12.1 Å². The number of hydrogen-bond acceptors (Lipinski definition) is 3. The fraction of sp³-hybridized carbons (Fsp3) is 0.333. The van der Waals surface area contributed by atoms with Gasteiger partial charge in [0.2, 0.25) is 0 Å². The molecule has 3 nitrogen and oxygen atoms in total. The molecule has 1 rings (SSSR count). The van der Waals surface area contributed by atoms with E-state index in [0.29, 0.717) is 0 Å². The van der Waals surface area contributed by atoms with Crippen LogP contribution in [0.15, 0.2) is 24.2 Å². The fourth-order valence-electron chi connectivity index (χ4n) is 0.734. The first-order valence-electron chi connectivity index (χ1n) is 5.90. The zero-order valence-electron chi connectivity index (χ0n) is 11.6. The van der Waals surface area contributed by atoms with E-state index < -0.39 is 41.6 Å². The molecule has 0 aliphatic carbocycles. The van der Waals surface area contributed by atoms with Crippen molar-refractivity contribution >= 4 is 0 Å². The molecule has 0 radical (unpaired) electrons. The van der Waals surface area contributed by atoms with Gasteiger partial charge >= 0.3 is 0 Å². The van der Waals surface area contributed by atoms with Crippen LogP contribution in [-0.2, 0) is 0 Å². The van der Waals surface area contributed by atoms with Crippen molar-refractivity contribution in [1.82, 2.24) is 5.32 Å². The Balaban J connectivity index is 3.54. The van der Waals surface area contributed by atoms with Gasteiger partial charge in [0, 0.05) is 6.54 Å². The lowest BCUT2D eigenvalue weighted by Crippen LogP contribution is -2.16. The molecule has 1 aromatic carbocycles. The summed E-state index contributed by atoms with van der Waals surface area (Å²) in [4.78, 5) is 0. The first-order chi connectivity index (χ1) is 7.74. The third-order valence-corrected chi connectivity index (χ3v) is 1.24. The molecule has 0 spiro atoms. The van der Waals surface area contributed by atoms with Crippen molar-refractivity contribution in [2.24, 2.45) is 0 Å². The standard InChI is InChI=1S/C9H13NO2/c1-10-6-9(12)7-3-2-4-8(11)5-7/h2-5,9-12H,6H2,1H3/t9-/m0/s1/i2D,3D,4D,5D,9D. The predicted molar refractivity (Wildman–Crippen MR) is 47.0 cm³/mol. The SMILES string of the molecule is [2H]c1c([2H])c(O)c([2H])c([C@@]([2H])(O)CNC)c1[2H]. The number of hydrogen-bond donors (Lipinski definition) is 3. The van der Waals surface area contributed by atoms with E-state index in [1.165, 1.54) is 7.05 Å². The summed E-state index contributed by atoms with van der Waals surface area (Å²) in [5, 5.41) is 21.7. The summed E-state index contributed by atoms with van der Waals surface area (Å²) in [5.74, 6) is -0.803. The second-order valence-corrected chi connectivity index (χ2v) is 2.20. The van der Waals surface area contributed by atoms with Crippen LogP contribution < -0.4 is 5.32 Å². The molecular formula is C9H13NO2. The maximum Gasteiger partial charge on any atom is 0.115 e. The molecule has 0 aromatic heterocycles. The highest BCUT2D eigenvalue weighted by molar-refractivity contribution is 5.28. The predicted octanol–water partition coefficient (Wildman–Crippen LogP) is 0.645. The van der Waals surface area contributed by atoms with Crippen LogP contribution in [-0.4, -0.2) is 23.8 Å². The first kappa shape index (κ1) is 4.25. The summed E-state index contributed by atoms with van der Waals surface area (Å²) < 4.78 is 37.4. The van der Waals surface area contributed by atoms with Gasteiger partial charge in [0.05, 0.1) is 12.9 Å². The molecule has 0 unspecified atom stereocenters. The van der Waals surface area contributed by atoms with E-state index in [1.807, 2.05) is 0 Å². The van der Waals surface area contributed by atoms with Crippen molar-refractivity contribution < 1.29 is 17.1 Å². The van der Waals surface area contributed by atoms with Gasteiger partial charge in [-0.15, -0.1) is 0 Å². The molecule has 1 atom stereocenters. The average molecular weight is 172 g/mol. The molecule has 0 amide bonds. The lowest BCUT2D eigenvalue weighted by molar-refractivity contribution is 0.177. The van der Waals surface area contributed by atoms with E-state index in [-0.39, 0.29) is 6.54 Å². The van der Waals surface area contributed by atoms with E-state index in [4.69, 9.17) is 6.85 Å². The summed E-state index contributed by atoms with van der Waals surface area (Å²) >= 11 is 0.